The maximum absolute atomic E-state index is 9.65. The van der Waals surface area contributed by atoms with Gasteiger partial charge in [0.15, 0.2) is 0 Å². The first-order valence-electron chi connectivity index (χ1n) is 5.67. The Morgan fingerprint density at radius 2 is 2.13 bits per heavy atom. The van der Waals surface area contributed by atoms with Crippen molar-refractivity contribution >= 4 is 0 Å². The van der Waals surface area contributed by atoms with Crippen LogP contribution in [0.5, 0.6) is 0 Å². The van der Waals surface area contributed by atoms with Gasteiger partial charge in [0.1, 0.15) is 0 Å². The summed E-state index contributed by atoms with van der Waals surface area (Å²) < 4.78 is 10.1. The molecule has 3 atom stereocenters. The molecule has 0 spiro atoms. The van der Waals surface area contributed by atoms with Crippen LogP contribution in [0.4, 0.5) is 0 Å². The summed E-state index contributed by atoms with van der Waals surface area (Å²) in [4.78, 5) is 0. The van der Waals surface area contributed by atoms with Crippen molar-refractivity contribution in [1.29, 1.82) is 0 Å². The van der Waals surface area contributed by atoms with Crippen molar-refractivity contribution in [2.45, 2.75) is 37.9 Å². The van der Waals surface area contributed by atoms with Crippen LogP contribution >= 0.6 is 0 Å². The SMILES string of the molecule is COCCOCC(O)CC1CCCC1O. The van der Waals surface area contributed by atoms with E-state index in [1.807, 2.05) is 0 Å². The summed E-state index contributed by atoms with van der Waals surface area (Å²) in [6.45, 7) is 1.41. The Bertz CT molecular complexity index is 163. The van der Waals surface area contributed by atoms with Crippen LogP contribution in [-0.4, -0.2) is 49.4 Å². The van der Waals surface area contributed by atoms with Gasteiger partial charge in [-0.05, 0) is 25.2 Å². The highest BCUT2D eigenvalue weighted by molar-refractivity contribution is 4.78. The highest BCUT2D eigenvalue weighted by Gasteiger charge is 2.27. The molecule has 0 saturated heterocycles. The van der Waals surface area contributed by atoms with Gasteiger partial charge in [0.05, 0.1) is 32.0 Å². The summed E-state index contributed by atoms with van der Waals surface area (Å²) in [5.41, 5.74) is 0. The summed E-state index contributed by atoms with van der Waals surface area (Å²) in [7, 11) is 1.62. The summed E-state index contributed by atoms with van der Waals surface area (Å²) in [6.07, 6.45) is 2.94. The van der Waals surface area contributed by atoms with Crippen LogP contribution in [0.25, 0.3) is 0 Å². The topological polar surface area (TPSA) is 58.9 Å². The van der Waals surface area contributed by atoms with Crippen molar-refractivity contribution in [1.82, 2.24) is 0 Å². The van der Waals surface area contributed by atoms with E-state index in [2.05, 4.69) is 0 Å². The zero-order valence-corrected chi connectivity index (χ0v) is 9.39. The van der Waals surface area contributed by atoms with Gasteiger partial charge in [0.25, 0.3) is 0 Å². The average Bonchev–Trinajstić information content (AvgIpc) is 2.59. The minimum Gasteiger partial charge on any atom is -0.393 e. The smallest absolute Gasteiger partial charge is 0.0777 e. The second-order valence-corrected chi connectivity index (χ2v) is 4.22. The van der Waals surface area contributed by atoms with E-state index in [9.17, 15) is 10.2 Å². The zero-order valence-electron chi connectivity index (χ0n) is 9.39. The molecule has 1 rings (SSSR count). The van der Waals surface area contributed by atoms with Gasteiger partial charge >= 0.3 is 0 Å². The Hall–Kier alpha value is -0.160. The molecule has 0 aliphatic heterocycles. The standard InChI is InChI=1S/C11H22O4/c1-14-5-6-15-8-10(12)7-9-3-2-4-11(9)13/h9-13H,2-8H2,1H3. The second-order valence-electron chi connectivity index (χ2n) is 4.22. The quantitative estimate of drug-likeness (QED) is 0.613. The summed E-state index contributed by atoms with van der Waals surface area (Å²) >= 11 is 0. The third kappa shape index (κ3) is 4.93. The lowest BCUT2D eigenvalue weighted by molar-refractivity contribution is -0.00418. The molecule has 1 saturated carbocycles. The summed E-state index contributed by atoms with van der Waals surface area (Å²) in [5.74, 6) is 0.256. The van der Waals surface area contributed by atoms with Gasteiger partial charge in [-0.25, -0.2) is 0 Å². The fourth-order valence-corrected chi connectivity index (χ4v) is 2.07. The minimum atomic E-state index is -0.459. The maximum Gasteiger partial charge on any atom is 0.0777 e. The number of aliphatic hydroxyl groups is 2. The molecule has 4 nitrogen and oxygen atoms in total. The van der Waals surface area contributed by atoms with Crippen molar-refractivity contribution in [3.05, 3.63) is 0 Å². The fourth-order valence-electron chi connectivity index (χ4n) is 2.07. The van der Waals surface area contributed by atoms with Crippen molar-refractivity contribution in [3.8, 4) is 0 Å². The molecule has 1 aliphatic carbocycles. The molecule has 1 aliphatic rings. The molecule has 0 radical (unpaired) electrons. The minimum absolute atomic E-state index is 0.223. The van der Waals surface area contributed by atoms with Gasteiger partial charge in [-0.2, -0.15) is 0 Å². The molecular weight excluding hydrogens is 196 g/mol. The van der Waals surface area contributed by atoms with E-state index in [1.54, 1.807) is 7.11 Å². The molecule has 1 fully saturated rings. The first kappa shape index (κ1) is 12.9. The molecule has 0 heterocycles. The lowest BCUT2D eigenvalue weighted by Crippen LogP contribution is -2.24. The van der Waals surface area contributed by atoms with Crippen molar-refractivity contribution in [2.75, 3.05) is 26.9 Å². The molecule has 90 valence electrons. The van der Waals surface area contributed by atoms with Crippen molar-refractivity contribution in [2.24, 2.45) is 5.92 Å². The molecule has 4 heteroatoms. The first-order valence-corrected chi connectivity index (χ1v) is 5.67. The van der Waals surface area contributed by atoms with E-state index in [1.165, 1.54) is 0 Å². The largest absolute Gasteiger partial charge is 0.393 e. The molecule has 2 N–H and O–H groups in total. The number of rotatable bonds is 7. The van der Waals surface area contributed by atoms with E-state index < -0.39 is 6.10 Å². The van der Waals surface area contributed by atoms with Gasteiger partial charge < -0.3 is 19.7 Å². The maximum atomic E-state index is 9.65. The Balaban J connectivity index is 2.04. The number of aliphatic hydroxyl groups excluding tert-OH is 2. The first-order chi connectivity index (χ1) is 7.24. The highest BCUT2D eigenvalue weighted by Crippen LogP contribution is 2.29. The van der Waals surface area contributed by atoms with Crippen molar-refractivity contribution in [3.63, 3.8) is 0 Å². The summed E-state index contributed by atoms with van der Waals surface area (Å²) in [6, 6.07) is 0. The number of methoxy groups -OCH3 is 1. The third-order valence-electron chi connectivity index (χ3n) is 2.94. The van der Waals surface area contributed by atoms with Gasteiger partial charge in [0, 0.05) is 7.11 Å². The van der Waals surface area contributed by atoms with Gasteiger partial charge in [-0.15, -0.1) is 0 Å². The third-order valence-corrected chi connectivity index (χ3v) is 2.94. The Morgan fingerprint density at radius 1 is 1.33 bits per heavy atom. The molecule has 0 bridgehead atoms. The van der Waals surface area contributed by atoms with Crippen LogP contribution < -0.4 is 0 Å². The van der Waals surface area contributed by atoms with Gasteiger partial charge in [0.2, 0.25) is 0 Å². The predicted octanol–water partition coefficient (Wildman–Crippen LogP) is 0.561. The molecule has 0 aromatic rings. The van der Waals surface area contributed by atoms with Crippen molar-refractivity contribution < 1.29 is 19.7 Å². The lowest BCUT2D eigenvalue weighted by Gasteiger charge is -2.18. The van der Waals surface area contributed by atoms with Gasteiger partial charge in [-0.3, -0.25) is 0 Å². The fraction of sp³-hybridized carbons (Fsp3) is 1.00. The second kappa shape index (κ2) is 7.17. The summed E-state index contributed by atoms with van der Waals surface area (Å²) in [5, 5.41) is 19.2. The van der Waals surface area contributed by atoms with E-state index in [-0.39, 0.29) is 12.0 Å². The van der Waals surface area contributed by atoms with Crippen LogP contribution in [0.3, 0.4) is 0 Å². The number of hydrogen-bond donors (Lipinski definition) is 2. The molecular formula is C11H22O4. The van der Waals surface area contributed by atoms with Crippen LogP contribution in [0.1, 0.15) is 25.7 Å². The van der Waals surface area contributed by atoms with Crippen LogP contribution in [-0.2, 0) is 9.47 Å². The molecule has 3 unspecified atom stereocenters. The van der Waals surface area contributed by atoms with Crippen LogP contribution in [0, 0.1) is 5.92 Å². The van der Waals surface area contributed by atoms with E-state index in [4.69, 9.17) is 9.47 Å². The van der Waals surface area contributed by atoms with Crippen LogP contribution in [0.15, 0.2) is 0 Å². The highest BCUT2D eigenvalue weighted by atomic mass is 16.5. The lowest BCUT2D eigenvalue weighted by atomic mass is 9.98. The zero-order chi connectivity index (χ0) is 11.1. The van der Waals surface area contributed by atoms with E-state index in [0.717, 1.165) is 19.3 Å². The molecule has 0 amide bonds. The Labute approximate surface area is 91.2 Å². The Kier molecular flexibility index (Phi) is 6.17. The van der Waals surface area contributed by atoms with E-state index >= 15 is 0 Å². The predicted molar refractivity (Wildman–Crippen MR) is 56.7 cm³/mol. The monoisotopic (exact) mass is 218 g/mol. The Morgan fingerprint density at radius 3 is 2.73 bits per heavy atom. The average molecular weight is 218 g/mol. The molecule has 15 heavy (non-hydrogen) atoms. The number of hydrogen-bond acceptors (Lipinski definition) is 4. The van der Waals surface area contributed by atoms with E-state index in [0.29, 0.717) is 26.2 Å². The van der Waals surface area contributed by atoms with Gasteiger partial charge in [-0.1, -0.05) is 6.42 Å². The number of ether oxygens (including phenoxy) is 2. The molecule has 0 aromatic carbocycles. The normalized spacial score (nSPS) is 28.2. The van der Waals surface area contributed by atoms with Crippen LogP contribution in [0.2, 0.25) is 0 Å². The molecule has 0 aromatic heterocycles.